The molecule has 1 aliphatic rings. The lowest BCUT2D eigenvalue weighted by Crippen LogP contribution is -2.28. The molecular formula is C21H19NO2S2. The average Bonchev–Trinajstić information content (AvgIpc) is 2.90. The number of thiocarbonyl (C=S) groups is 1. The van der Waals surface area contributed by atoms with Crippen molar-refractivity contribution in [3.05, 3.63) is 76.7 Å². The SMILES string of the molecule is C=CCOc1ccccc1C=C1SC(=S)N(c2cc(C)ccc2C)C1=O. The van der Waals surface area contributed by atoms with Crippen molar-refractivity contribution in [3.8, 4) is 5.75 Å². The van der Waals surface area contributed by atoms with E-state index < -0.39 is 0 Å². The topological polar surface area (TPSA) is 29.5 Å². The van der Waals surface area contributed by atoms with Crippen LogP contribution in [0.3, 0.4) is 0 Å². The average molecular weight is 382 g/mol. The molecule has 0 spiro atoms. The number of hydrogen-bond acceptors (Lipinski definition) is 4. The molecule has 5 heteroatoms. The quantitative estimate of drug-likeness (QED) is 0.401. The summed E-state index contributed by atoms with van der Waals surface area (Å²) < 4.78 is 6.22. The van der Waals surface area contributed by atoms with E-state index in [0.717, 1.165) is 22.4 Å². The molecular weight excluding hydrogens is 362 g/mol. The minimum absolute atomic E-state index is 0.104. The number of carbonyl (C=O) groups excluding carboxylic acids is 1. The normalized spacial score (nSPS) is 15.6. The fourth-order valence-corrected chi connectivity index (χ4v) is 3.93. The molecule has 2 aromatic rings. The second-order valence-corrected chi connectivity index (χ2v) is 7.62. The Hall–Kier alpha value is -2.37. The van der Waals surface area contributed by atoms with Gasteiger partial charge in [0.1, 0.15) is 12.4 Å². The maximum atomic E-state index is 13.0. The van der Waals surface area contributed by atoms with E-state index in [1.54, 1.807) is 11.0 Å². The van der Waals surface area contributed by atoms with Gasteiger partial charge in [-0.25, -0.2) is 0 Å². The van der Waals surface area contributed by atoms with Crippen molar-refractivity contribution in [2.24, 2.45) is 0 Å². The van der Waals surface area contributed by atoms with Gasteiger partial charge in [-0.3, -0.25) is 9.69 Å². The van der Waals surface area contributed by atoms with Crippen LogP contribution in [0.15, 0.2) is 60.0 Å². The van der Waals surface area contributed by atoms with Crippen LogP contribution < -0.4 is 9.64 Å². The van der Waals surface area contributed by atoms with Crippen molar-refractivity contribution in [1.29, 1.82) is 0 Å². The van der Waals surface area contributed by atoms with Crippen molar-refractivity contribution in [3.63, 3.8) is 0 Å². The van der Waals surface area contributed by atoms with Crippen molar-refractivity contribution in [2.45, 2.75) is 13.8 Å². The Morgan fingerprint density at radius 3 is 2.77 bits per heavy atom. The second kappa shape index (κ2) is 7.89. The van der Waals surface area contributed by atoms with E-state index in [1.165, 1.54) is 11.8 Å². The van der Waals surface area contributed by atoms with Gasteiger partial charge >= 0.3 is 0 Å². The molecule has 0 aromatic heterocycles. The number of anilines is 1. The fraction of sp³-hybridized carbons (Fsp3) is 0.143. The molecule has 1 heterocycles. The number of ether oxygens (including phenoxy) is 1. The molecule has 0 saturated carbocycles. The van der Waals surface area contributed by atoms with Gasteiger partial charge in [0.25, 0.3) is 5.91 Å². The standard InChI is InChI=1S/C21H19NO2S2/c1-4-11-24-18-8-6-5-7-16(18)13-19-20(23)22(21(25)26-19)17-12-14(2)9-10-15(17)3/h4-10,12-13H,1,11H2,2-3H3. The van der Waals surface area contributed by atoms with Crippen molar-refractivity contribution < 1.29 is 9.53 Å². The zero-order valence-electron chi connectivity index (χ0n) is 14.7. The lowest BCUT2D eigenvalue weighted by Gasteiger charge is -2.17. The van der Waals surface area contributed by atoms with Gasteiger partial charge in [0.15, 0.2) is 4.32 Å². The molecule has 3 rings (SSSR count). The van der Waals surface area contributed by atoms with Gasteiger partial charge < -0.3 is 4.74 Å². The van der Waals surface area contributed by atoms with Gasteiger partial charge in [0.2, 0.25) is 0 Å². The highest BCUT2D eigenvalue weighted by Crippen LogP contribution is 2.38. The van der Waals surface area contributed by atoms with Crippen LogP contribution in [-0.2, 0) is 4.79 Å². The molecule has 132 valence electrons. The Morgan fingerprint density at radius 1 is 1.23 bits per heavy atom. The lowest BCUT2D eigenvalue weighted by molar-refractivity contribution is -0.113. The molecule has 1 aliphatic heterocycles. The van der Waals surface area contributed by atoms with Crippen LogP contribution in [0.1, 0.15) is 16.7 Å². The number of benzene rings is 2. The Morgan fingerprint density at radius 2 is 2.00 bits per heavy atom. The summed E-state index contributed by atoms with van der Waals surface area (Å²) in [6.45, 7) is 8.06. The molecule has 0 atom stereocenters. The molecule has 0 bridgehead atoms. The Kier molecular flexibility index (Phi) is 5.59. The largest absolute Gasteiger partial charge is 0.489 e. The van der Waals surface area contributed by atoms with Crippen LogP contribution in [0, 0.1) is 13.8 Å². The molecule has 1 amide bonds. The van der Waals surface area contributed by atoms with E-state index in [4.69, 9.17) is 17.0 Å². The van der Waals surface area contributed by atoms with Crippen LogP contribution >= 0.6 is 24.0 Å². The molecule has 1 saturated heterocycles. The van der Waals surface area contributed by atoms with Crippen molar-refractivity contribution in [1.82, 2.24) is 0 Å². The fourth-order valence-electron chi connectivity index (χ4n) is 2.66. The monoisotopic (exact) mass is 381 g/mol. The van der Waals surface area contributed by atoms with Gasteiger partial charge in [-0.2, -0.15) is 0 Å². The number of thioether (sulfide) groups is 1. The molecule has 0 radical (unpaired) electrons. The Balaban J connectivity index is 1.96. The first-order valence-corrected chi connectivity index (χ1v) is 9.41. The van der Waals surface area contributed by atoms with Gasteiger partial charge in [-0.1, -0.05) is 67.0 Å². The third-order valence-corrected chi connectivity index (χ3v) is 5.26. The van der Waals surface area contributed by atoms with Gasteiger partial charge in [0, 0.05) is 5.56 Å². The number of rotatable bonds is 5. The first-order chi connectivity index (χ1) is 12.5. The highest BCUT2D eigenvalue weighted by atomic mass is 32.2. The predicted molar refractivity (Wildman–Crippen MR) is 114 cm³/mol. The summed E-state index contributed by atoms with van der Waals surface area (Å²) in [5.41, 5.74) is 3.79. The highest BCUT2D eigenvalue weighted by Gasteiger charge is 2.34. The van der Waals surface area contributed by atoms with Crippen LogP contribution in [0.5, 0.6) is 5.75 Å². The number of carbonyl (C=O) groups is 1. The van der Waals surface area contributed by atoms with E-state index >= 15 is 0 Å². The van der Waals surface area contributed by atoms with Crippen LogP contribution in [0.2, 0.25) is 0 Å². The Labute approximate surface area is 163 Å². The maximum absolute atomic E-state index is 13.0. The first-order valence-electron chi connectivity index (χ1n) is 8.19. The predicted octanol–water partition coefficient (Wildman–Crippen LogP) is 5.27. The highest BCUT2D eigenvalue weighted by molar-refractivity contribution is 8.27. The van der Waals surface area contributed by atoms with Crippen molar-refractivity contribution in [2.75, 3.05) is 11.5 Å². The number of aryl methyl sites for hydroxylation is 2. The van der Waals surface area contributed by atoms with Gasteiger partial charge in [-0.05, 0) is 43.2 Å². The number of amides is 1. The minimum Gasteiger partial charge on any atom is -0.489 e. The molecule has 3 nitrogen and oxygen atoms in total. The van der Waals surface area contributed by atoms with Crippen molar-refractivity contribution >= 4 is 46.0 Å². The number of hydrogen-bond donors (Lipinski definition) is 0. The third kappa shape index (κ3) is 3.74. The van der Waals surface area contributed by atoms with Crippen LogP contribution in [0.4, 0.5) is 5.69 Å². The smallest absolute Gasteiger partial charge is 0.270 e. The summed E-state index contributed by atoms with van der Waals surface area (Å²) in [5.74, 6) is 0.608. The molecule has 1 fully saturated rings. The Bertz CT molecular complexity index is 918. The maximum Gasteiger partial charge on any atom is 0.270 e. The second-order valence-electron chi connectivity index (χ2n) is 5.94. The summed E-state index contributed by atoms with van der Waals surface area (Å²) in [6.07, 6.45) is 3.53. The molecule has 0 N–H and O–H groups in total. The third-order valence-electron chi connectivity index (χ3n) is 3.96. The molecule has 0 unspecified atom stereocenters. The number of nitrogens with zero attached hydrogens (tertiary/aromatic N) is 1. The summed E-state index contributed by atoms with van der Waals surface area (Å²) in [7, 11) is 0. The first kappa shape index (κ1) is 18.4. The minimum atomic E-state index is -0.104. The molecule has 2 aromatic carbocycles. The molecule has 0 aliphatic carbocycles. The lowest BCUT2D eigenvalue weighted by atomic mass is 10.1. The molecule has 26 heavy (non-hydrogen) atoms. The zero-order valence-corrected chi connectivity index (χ0v) is 16.3. The summed E-state index contributed by atoms with van der Waals surface area (Å²) in [6, 6.07) is 13.6. The zero-order chi connectivity index (χ0) is 18.7. The number of para-hydroxylation sites is 1. The summed E-state index contributed by atoms with van der Waals surface area (Å²) in [5, 5.41) is 0. The van der Waals surface area contributed by atoms with Crippen LogP contribution in [0.25, 0.3) is 6.08 Å². The van der Waals surface area contributed by atoms with Gasteiger partial charge in [0.05, 0.1) is 10.6 Å². The van der Waals surface area contributed by atoms with E-state index in [2.05, 4.69) is 6.58 Å². The van der Waals surface area contributed by atoms with E-state index in [1.807, 2.05) is 62.4 Å². The van der Waals surface area contributed by atoms with E-state index in [9.17, 15) is 4.79 Å². The van der Waals surface area contributed by atoms with E-state index in [0.29, 0.717) is 21.6 Å². The van der Waals surface area contributed by atoms with Crippen LogP contribution in [-0.4, -0.2) is 16.8 Å². The summed E-state index contributed by atoms with van der Waals surface area (Å²) >= 11 is 6.79. The summed E-state index contributed by atoms with van der Waals surface area (Å²) in [4.78, 5) is 15.2. The van der Waals surface area contributed by atoms with Gasteiger partial charge in [-0.15, -0.1) is 0 Å². The van der Waals surface area contributed by atoms with E-state index in [-0.39, 0.29) is 5.91 Å².